The maximum atomic E-state index is 12.8. The highest BCUT2D eigenvalue weighted by Gasteiger charge is 2.23. The number of carbonyl (C=O) groups is 1. The number of aromatic nitrogens is 1. The van der Waals surface area contributed by atoms with Crippen LogP contribution in [0.1, 0.15) is 5.56 Å². The smallest absolute Gasteiger partial charge is 0.237 e. The van der Waals surface area contributed by atoms with Crippen LogP contribution in [0.4, 0.5) is 5.69 Å². The van der Waals surface area contributed by atoms with E-state index in [1.165, 1.54) is 11.9 Å². The summed E-state index contributed by atoms with van der Waals surface area (Å²) in [5.74, 6) is 1.39. The van der Waals surface area contributed by atoms with Crippen molar-refractivity contribution >= 4 is 35.1 Å². The van der Waals surface area contributed by atoms with E-state index in [2.05, 4.69) is 14.6 Å². The largest absolute Gasteiger partial charge is 0.496 e. The minimum atomic E-state index is 0.0924. The predicted octanol–water partition coefficient (Wildman–Crippen LogP) is 2.92. The second kappa shape index (κ2) is 10.4. The Bertz CT molecular complexity index is 926. The first-order chi connectivity index (χ1) is 15.1. The van der Waals surface area contributed by atoms with Crippen molar-refractivity contribution in [1.82, 2.24) is 14.8 Å². The van der Waals surface area contributed by atoms with Crippen molar-refractivity contribution in [3.63, 3.8) is 0 Å². The Morgan fingerprint density at radius 2 is 2.10 bits per heavy atom. The van der Waals surface area contributed by atoms with E-state index < -0.39 is 0 Å². The molecule has 3 heterocycles. The Morgan fingerprint density at radius 1 is 1.26 bits per heavy atom. The number of rotatable bonds is 6. The fraction of sp³-hybridized carbons (Fsp3) is 0.429. The first-order valence-corrected chi connectivity index (χ1v) is 11.3. The molecule has 1 saturated heterocycles. The molecule has 4 rings (SSSR count). The van der Waals surface area contributed by atoms with Gasteiger partial charge in [0.1, 0.15) is 12.4 Å². The van der Waals surface area contributed by atoms with E-state index in [1.54, 1.807) is 19.4 Å². The van der Waals surface area contributed by atoms with Crippen LogP contribution in [0.2, 0.25) is 5.02 Å². The fourth-order valence-corrected chi connectivity index (χ4v) is 4.46. The molecule has 1 N–H and O–H groups in total. The molecule has 0 spiro atoms. The van der Waals surface area contributed by atoms with E-state index >= 15 is 0 Å². The van der Waals surface area contributed by atoms with Crippen LogP contribution in [0.25, 0.3) is 0 Å². The summed E-state index contributed by atoms with van der Waals surface area (Å²) in [6.07, 6.45) is 1.72. The number of anilines is 1. The van der Waals surface area contributed by atoms with Crippen molar-refractivity contribution in [3.05, 3.63) is 41.0 Å². The van der Waals surface area contributed by atoms with Crippen molar-refractivity contribution in [1.29, 1.82) is 0 Å². The van der Waals surface area contributed by atoms with Gasteiger partial charge in [-0.15, -0.1) is 0 Å². The number of fused-ring (bicyclic) bond motifs is 1. The number of benzene rings is 1. The molecule has 0 atom stereocenters. The fourth-order valence-electron chi connectivity index (χ4n) is 3.44. The maximum absolute atomic E-state index is 12.8. The number of methoxy groups -OCH3 is 1. The summed E-state index contributed by atoms with van der Waals surface area (Å²) in [5.41, 5.74) is 1.67. The van der Waals surface area contributed by atoms with Gasteiger partial charge in [0, 0.05) is 23.7 Å². The normalized spacial score (nSPS) is 16.8. The Hall–Kier alpha value is -2.20. The van der Waals surface area contributed by atoms with E-state index in [0.29, 0.717) is 50.4 Å². The topological polar surface area (TPSA) is 76.2 Å². The molecular weight excluding hydrogens is 440 g/mol. The number of nitrogens with zero attached hydrogens (tertiary/aromatic N) is 3. The molecule has 31 heavy (non-hydrogen) atoms. The lowest BCUT2D eigenvalue weighted by atomic mass is 10.2. The molecule has 0 aliphatic carbocycles. The zero-order valence-corrected chi connectivity index (χ0v) is 18.9. The molecule has 1 amide bonds. The summed E-state index contributed by atoms with van der Waals surface area (Å²) in [4.78, 5) is 22.1. The molecule has 1 fully saturated rings. The Kier molecular flexibility index (Phi) is 7.39. The van der Waals surface area contributed by atoms with Gasteiger partial charge in [-0.05, 0) is 36.2 Å². The van der Waals surface area contributed by atoms with Crippen molar-refractivity contribution in [2.45, 2.75) is 11.4 Å². The van der Waals surface area contributed by atoms with Gasteiger partial charge in [-0.2, -0.15) is 0 Å². The number of carbonyl (C=O) groups excluding carboxylic acids is 1. The highest BCUT2D eigenvalue weighted by Crippen LogP contribution is 2.33. The van der Waals surface area contributed by atoms with Gasteiger partial charge < -0.3 is 23.8 Å². The van der Waals surface area contributed by atoms with Gasteiger partial charge in [-0.1, -0.05) is 11.6 Å². The third-order valence-corrected chi connectivity index (χ3v) is 6.22. The molecule has 2 aromatic rings. The van der Waals surface area contributed by atoms with E-state index in [-0.39, 0.29) is 5.91 Å². The SMILES string of the molecule is COc1ccc(Cl)cc1SNc1cnc2c(c1)CN(C(=O)CN1CCOCC1)CCO2. The Balaban J connectivity index is 1.42. The molecule has 0 bridgehead atoms. The van der Waals surface area contributed by atoms with Gasteiger partial charge >= 0.3 is 0 Å². The van der Waals surface area contributed by atoms with Crippen LogP contribution < -0.4 is 14.2 Å². The van der Waals surface area contributed by atoms with Crippen LogP contribution in [0.15, 0.2) is 35.4 Å². The van der Waals surface area contributed by atoms with Gasteiger partial charge in [0.05, 0.1) is 56.7 Å². The average Bonchev–Trinajstić information content (AvgIpc) is 3.00. The van der Waals surface area contributed by atoms with E-state index in [9.17, 15) is 4.79 Å². The average molecular weight is 465 g/mol. The van der Waals surface area contributed by atoms with Crippen molar-refractivity contribution in [3.8, 4) is 11.6 Å². The predicted molar refractivity (Wildman–Crippen MR) is 120 cm³/mol. The summed E-state index contributed by atoms with van der Waals surface area (Å²) >= 11 is 7.50. The maximum Gasteiger partial charge on any atom is 0.237 e. The molecule has 0 saturated carbocycles. The van der Waals surface area contributed by atoms with Gasteiger partial charge in [0.15, 0.2) is 0 Å². The van der Waals surface area contributed by atoms with Gasteiger partial charge in [-0.3, -0.25) is 9.69 Å². The number of pyridine rings is 1. The van der Waals surface area contributed by atoms with Gasteiger partial charge in [0.2, 0.25) is 11.8 Å². The van der Waals surface area contributed by atoms with E-state index in [4.69, 9.17) is 25.8 Å². The number of ether oxygens (including phenoxy) is 3. The third-order valence-electron chi connectivity index (χ3n) is 5.11. The second-order valence-electron chi connectivity index (χ2n) is 7.24. The lowest BCUT2D eigenvalue weighted by molar-refractivity contribution is -0.134. The number of hydrogen-bond donors (Lipinski definition) is 1. The second-order valence-corrected chi connectivity index (χ2v) is 8.52. The summed E-state index contributed by atoms with van der Waals surface area (Å²) in [6.45, 7) is 4.74. The molecule has 10 heteroatoms. The number of halogens is 1. The zero-order chi connectivity index (χ0) is 21.6. The first-order valence-electron chi connectivity index (χ1n) is 10.1. The van der Waals surface area contributed by atoms with Crippen LogP contribution in [0.3, 0.4) is 0 Å². The van der Waals surface area contributed by atoms with Gasteiger partial charge in [0.25, 0.3) is 0 Å². The quantitative estimate of drug-likeness (QED) is 0.654. The monoisotopic (exact) mass is 464 g/mol. The lowest BCUT2D eigenvalue weighted by Gasteiger charge is -2.28. The summed E-state index contributed by atoms with van der Waals surface area (Å²) in [5, 5.41) is 0.632. The van der Waals surface area contributed by atoms with Crippen LogP contribution in [-0.2, 0) is 16.1 Å². The molecule has 2 aliphatic rings. The van der Waals surface area contributed by atoms with Crippen molar-refractivity contribution in [2.24, 2.45) is 0 Å². The van der Waals surface area contributed by atoms with Crippen molar-refractivity contribution < 1.29 is 19.0 Å². The number of amides is 1. The summed E-state index contributed by atoms with van der Waals surface area (Å²) < 4.78 is 19.8. The van der Waals surface area contributed by atoms with E-state index in [0.717, 1.165) is 35.0 Å². The molecule has 166 valence electrons. The number of nitrogens with one attached hydrogen (secondary N) is 1. The molecule has 8 nitrogen and oxygen atoms in total. The molecule has 0 unspecified atom stereocenters. The molecule has 0 radical (unpaired) electrons. The third kappa shape index (κ3) is 5.74. The van der Waals surface area contributed by atoms with Gasteiger partial charge in [-0.25, -0.2) is 4.98 Å². The van der Waals surface area contributed by atoms with Crippen molar-refractivity contribution in [2.75, 3.05) is 57.8 Å². The minimum Gasteiger partial charge on any atom is -0.496 e. The molecule has 1 aromatic heterocycles. The lowest BCUT2D eigenvalue weighted by Crippen LogP contribution is -2.45. The number of hydrogen-bond acceptors (Lipinski definition) is 8. The van der Waals surface area contributed by atoms with Crippen LogP contribution in [0, 0.1) is 0 Å². The van der Waals surface area contributed by atoms with E-state index in [1.807, 2.05) is 23.1 Å². The molecular formula is C21H25ClN4O4S. The molecule has 1 aromatic carbocycles. The standard InChI is InChI=1S/C21H25ClN4O4S/c1-28-18-3-2-16(22)11-19(18)31-24-17-10-15-13-26(6-9-30-21(15)23-12-17)20(27)14-25-4-7-29-8-5-25/h2-3,10-12,24H,4-9,13-14H2,1H3. The van der Waals surface area contributed by atoms with Crippen LogP contribution in [-0.4, -0.2) is 73.8 Å². The Morgan fingerprint density at radius 3 is 2.90 bits per heavy atom. The minimum absolute atomic E-state index is 0.0924. The summed E-state index contributed by atoms with van der Waals surface area (Å²) in [6, 6.07) is 7.42. The Labute approximate surface area is 190 Å². The highest BCUT2D eigenvalue weighted by molar-refractivity contribution is 8.00. The molecule has 2 aliphatic heterocycles. The first kappa shape index (κ1) is 22.0. The zero-order valence-electron chi connectivity index (χ0n) is 17.3. The van der Waals surface area contributed by atoms with Crippen LogP contribution >= 0.6 is 23.5 Å². The highest BCUT2D eigenvalue weighted by atomic mass is 35.5. The van der Waals surface area contributed by atoms with Crippen LogP contribution in [0.5, 0.6) is 11.6 Å². The summed E-state index contributed by atoms with van der Waals surface area (Å²) in [7, 11) is 1.62. The number of morpholine rings is 1.